The molecule has 1 aliphatic heterocycles. The maximum atomic E-state index is 14.2. The van der Waals surface area contributed by atoms with Crippen LogP contribution >= 0.6 is 24.0 Å². The van der Waals surface area contributed by atoms with Crippen LogP contribution in [-0.4, -0.2) is 10.2 Å². The Hall–Kier alpha value is -2.05. The van der Waals surface area contributed by atoms with Gasteiger partial charge in [0, 0.05) is 5.57 Å². The molecule has 110 valence electrons. The zero-order valence-electron chi connectivity index (χ0n) is 11.1. The van der Waals surface area contributed by atoms with Crippen molar-refractivity contribution in [1.82, 2.24) is 5.32 Å². The maximum Gasteiger partial charge on any atom is 0.264 e. The number of carbonyl (C=O) groups is 1. The third kappa shape index (κ3) is 2.67. The number of amides is 1. The van der Waals surface area contributed by atoms with Gasteiger partial charge in [0.2, 0.25) is 0 Å². The summed E-state index contributed by atoms with van der Waals surface area (Å²) >= 11 is 5.97. The van der Waals surface area contributed by atoms with E-state index in [1.807, 2.05) is 0 Å². The summed E-state index contributed by atoms with van der Waals surface area (Å²) in [5.41, 5.74) is 0.531. The molecule has 1 fully saturated rings. The third-order valence-corrected chi connectivity index (χ3v) is 4.35. The van der Waals surface area contributed by atoms with Crippen LogP contribution in [0.3, 0.4) is 0 Å². The second-order valence-corrected chi connectivity index (χ2v) is 6.20. The average molecular weight is 333 g/mol. The lowest BCUT2D eigenvalue weighted by Crippen LogP contribution is -2.18. The van der Waals surface area contributed by atoms with Crippen LogP contribution in [-0.2, 0) is 4.79 Å². The molecular weight excluding hydrogens is 324 g/mol. The van der Waals surface area contributed by atoms with E-state index >= 15 is 0 Å². The van der Waals surface area contributed by atoms with Crippen molar-refractivity contribution in [3.63, 3.8) is 0 Å². The molecule has 0 bridgehead atoms. The first-order valence-electron chi connectivity index (χ1n) is 6.35. The number of benzene rings is 2. The van der Waals surface area contributed by atoms with E-state index in [2.05, 4.69) is 5.32 Å². The Morgan fingerprint density at radius 2 is 1.64 bits per heavy atom. The largest absolute Gasteiger partial charge is 0.307 e. The first-order chi connectivity index (χ1) is 10.6. The van der Waals surface area contributed by atoms with Gasteiger partial charge in [-0.15, -0.1) is 0 Å². The van der Waals surface area contributed by atoms with E-state index in [0.717, 1.165) is 23.9 Å². The molecule has 2 nitrogen and oxygen atoms in total. The molecule has 1 heterocycles. The highest BCUT2D eigenvalue weighted by Crippen LogP contribution is 2.38. The van der Waals surface area contributed by atoms with Gasteiger partial charge in [-0.2, -0.15) is 0 Å². The number of thioether (sulfide) groups is 1. The summed E-state index contributed by atoms with van der Waals surface area (Å²) in [5, 5.41) is 2.48. The van der Waals surface area contributed by atoms with Crippen molar-refractivity contribution in [2.45, 2.75) is 0 Å². The molecule has 2 aromatic rings. The maximum absolute atomic E-state index is 14.2. The number of halogens is 2. The first-order valence-corrected chi connectivity index (χ1v) is 7.57. The molecule has 1 N–H and O–H groups in total. The van der Waals surface area contributed by atoms with E-state index in [-0.39, 0.29) is 20.4 Å². The number of thiocarbonyl (C=S) groups is 1. The van der Waals surface area contributed by atoms with E-state index in [0.29, 0.717) is 5.56 Å². The van der Waals surface area contributed by atoms with Crippen molar-refractivity contribution in [2.24, 2.45) is 0 Å². The van der Waals surface area contributed by atoms with Gasteiger partial charge >= 0.3 is 0 Å². The Labute approximate surface area is 135 Å². The van der Waals surface area contributed by atoms with Crippen molar-refractivity contribution < 1.29 is 13.6 Å². The van der Waals surface area contributed by atoms with Crippen molar-refractivity contribution in [2.75, 3.05) is 0 Å². The molecule has 0 aromatic heterocycles. The minimum atomic E-state index is -0.724. The SMILES string of the molecule is O=C1NC(=S)S/C1=C(/c1ccccc1)c1c(F)cccc1F. The molecule has 1 amide bonds. The van der Waals surface area contributed by atoms with E-state index in [1.165, 1.54) is 6.07 Å². The van der Waals surface area contributed by atoms with Crippen LogP contribution in [0.4, 0.5) is 8.78 Å². The van der Waals surface area contributed by atoms with E-state index in [9.17, 15) is 13.6 Å². The number of rotatable bonds is 2. The molecule has 1 aliphatic rings. The number of carbonyl (C=O) groups excluding carboxylic acids is 1. The Balaban J connectivity index is 2.33. The van der Waals surface area contributed by atoms with E-state index in [1.54, 1.807) is 30.3 Å². The van der Waals surface area contributed by atoms with Crippen LogP contribution in [0.2, 0.25) is 0 Å². The lowest BCUT2D eigenvalue weighted by atomic mass is 9.96. The molecule has 0 aliphatic carbocycles. The molecule has 0 saturated carbocycles. The summed E-state index contributed by atoms with van der Waals surface area (Å²) in [7, 11) is 0. The van der Waals surface area contributed by atoms with Crippen molar-refractivity contribution in [3.05, 3.63) is 76.2 Å². The van der Waals surface area contributed by atoms with Gasteiger partial charge in [0.1, 0.15) is 16.0 Å². The second-order valence-electron chi connectivity index (χ2n) is 4.51. The van der Waals surface area contributed by atoms with Gasteiger partial charge in [-0.1, -0.05) is 60.4 Å². The molecule has 0 radical (unpaired) electrons. The molecule has 6 heteroatoms. The van der Waals surface area contributed by atoms with Crippen LogP contribution in [0.15, 0.2) is 53.4 Å². The van der Waals surface area contributed by atoms with Gasteiger partial charge in [-0.3, -0.25) is 4.79 Å². The van der Waals surface area contributed by atoms with Crippen molar-refractivity contribution >= 4 is 39.8 Å². The Kier molecular flexibility index (Phi) is 4.04. The predicted octanol–water partition coefficient (Wildman–Crippen LogP) is 3.87. The second kappa shape index (κ2) is 5.98. The number of hydrogen-bond donors (Lipinski definition) is 1. The summed E-state index contributed by atoms with van der Waals surface area (Å²) < 4.78 is 28.7. The Bertz CT molecular complexity index is 783. The van der Waals surface area contributed by atoms with Crippen LogP contribution in [0.5, 0.6) is 0 Å². The number of hydrogen-bond acceptors (Lipinski definition) is 3. The molecular formula is C16H9F2NOS2. The normalized spacial score (nSPS) is 16.6. The predicted molar refractivity (Wildman–Crippen MR) is 87.2 cm³/mol. The van der Waals surface area contributed by atoms with Gasteiger partial charge in [-0.25, -0.2) is 8.78 Å². The first kappa shape index (κ1) is 14.9. The van der Waals surface area contributed by atoms with Crippen molar-refractivity contribution in [1.29, 1.82) is 0 Å². The minimum Gasteiger partial charge on any atom is -0.307 e. The minimum absolute atomic E-state index is 0.195. The summed E-state index contributed by atoms with van der Waals surface area (Å²) in [6.07, 6.45) is 0. The molecule has 0 unspecified atom stereocenters. The number of nitrogens with one attached hydrogen (secondary N) is 1. The van der Waals surface area contributed by atoms with Crippen LogP contribution in [0.25, 0.3) is 5.57 Å². The van der Waals surface area contributed by atoms with E-state index in [4.69, 9.17) is 12.2 Å². The summed E-state index contributed by atoms with van der Waals surface area (Å²) in [6.45, 7) is 0. The van der Waals surface area contributed by atoms with Crippen LogP contribution in [0, 0.1) is 11.6 Å². The molecule has 1 saturated heterocycles. The Morgan fingerprint density at radius 3 is 2.18 bits per heavy atom. The van der Waals surface area contributed by atoms with Crippen LogP contribution in [0.1, 0.15) is 11.1 Å². The van der Waals surface area contributed by atoms with Gasteiger partial charge in [0.05, 0.1) is 10.5 Å². The lowest BCUT2D eigenvalue weighted by molar-refractivity contribution is -0.115. The fourth-order valence-corrected chi connectivity index (χ4v) is 3.35. The fraction of sp³-hybridized carbons (Fsp3) is 0. The molecule has 22 heavy (non-hydrogen) atoms. The molecule has 2 aromatic carbocycles. The summed E-state index contributed by atoms with van der Waals surface area (Å²) in [5.74, 6) is -1.90. The standard InChI is InChI=1S/C16H9F2NOS2/c17-10-7-4-8-11(18)13(10)12(9-5-2-1-3-6-9)14-15(20)19-16(21)22-14/h1-8H,(H,19,20,21)/b14-12-. The quantitative estimate of drug-likeness (QED) is 0.668. The van der Waals surface area contributed by atoms with E-state index < -0.39 is 17.5 Å². The third-order valence-electron chi connectivity index (χ3n) is 3.12. The summed E-state index contributed by atoms with van der Waals surface area (Å²) in [4.78, 5) is 12.3. The zero-order valence-corrected chi connectivity index (χ0v) is 12.7. The highest BCUT2D eigenvalue weighted by atomic mass is 32.2. The molecule has 0 spiro atoms. The van der Waals surface area contributed by atoms with Crippen molar-refractivity contribution in [3.8, 4) is 0 Å². The molecule has 0 atom stereocenters. The fourth-order valence-electron chi connectivity index (χ4n) is 2.21. The smallest absolute Gasteiger partial charge is 0.264 e. The van der Waals surface area contributed by atoms with Crippen LogP contribution < -0.4 is 5.32 Å². The lowest BCUT2D eigenvalue weighted by Gasteiger charge is -2.12. The highest BCUT2D eigenvalue weighted by molar-refractivity contribution is 8.26. The van der Waals surface area contributed by atoms with Gasteiger partial charge in [0.15, 0.2) is 0 Å². The highest BCUT2D eigenvalue weighted by Gasteiger charge is 2.29. The monoisotopic (exact) mass is 333 g/mol. The zero-order chi connectivity index (χ0) is 15.7. The summed E-state index contributed by atoms with van der Waals surface area (Å²) in [6, 6.07) is 12.3. The average Bonchev–Trinajstić information content (AvgIpc) is 2.82. The van der Waals surface area contributed by atoms with Gasteiger partial charge in [0.25, 0.3) is 5.91 Å². The molecule has 3 rings (SSSR count). The van der Waals surface area contributed by atoms with Gasteiger partial charge < -0.3 is 5.32 Å². The van der Waals surface area contributed by atoms with Gasteiger partial charge in [-0.05, 0) is 17.7 Å². The topological polar surface area (TPSA) is 29.1 Å². The Morgan fingerprint density at radius 1 is 1.00 bits per heavy atom.